The van der Waals surface area contributed by atoms with E-state index in [1.54, 1.807) is 14.2 Å². The zero-order valence-electron chi connectivity index (χ0n) is 18.4. The first-order valence-corrected chi connectivity index (χ1v) is 10.7. The molecule has 0 radical (unpaired) electrons. The maximum atomic E-state index is 6.28. The summed E-state index contributed by atoms with van der Waals surface area (Å²) in [5.74, 6) is 2.48. The molecule has 4 aromatic rings. The molecule has 1 aliphatic rings. The summed E-state index contributed by atoms with van der Waals surface area (Å²) in [6.45, 7) is 3.70. The summed E-state index contributed by atoms with van der Waals surface area (Å²) in [6.07, 6.45) is 3.37. The number of hydrogen-bond donors (Lipinski definition) is 1. The van der Waals surface area contributed by atoms with Gasteiger partial charge in [-0.2, -0.15) is 5.06 Å². The Kier molecular flexibility index (Phi) is 5.55. The lowest BCUT2D eigenvalue weighted by Gasteiger charge is -2.30. The van der Waals surface area contributed by atoms with Crippen molar-refractivity contribution >= 4 is 21.8 Å². The van der Waals surface area contributed by atoms with Crippen molar-refractivity contribution in [3.05, 3.63) is 48.4 Å². The molecule has 2 aromatic carbocycles. The standard InChI is InChI=1S/C24H26N4O4/c1-15-10-16-11-18(4-5-20(16)27-15)32-24-19-12-22(29-2)23(13-21(19)25-14-26-24)31-17-6-8-28(30-3)9-7-17/h4-5,10-14,17,27H,6-9H2,1-3H3. The summed E-state index contributed by atoms with van der Waals surface area (Å²) in [7, 11) is 3.33. The molecule has 2 aromatic heterocycles. The van der Waals surface area contributed by atoms with E-state index in [-0.39, 0.29) is 6.10 Å². The zero-order valence-corrected chi connectivity index (χ0v) is 18.4. The number of aryl methyl sites for hydroxylation is 1. The van der Waals surface area contributed by atoms with Crippen LogP contribution in [0.1, 0.15) is 18.5 Å². The third-order valence-electron chi connectivity index (χ3n) is 5.78. The highest BCUT2D eigenvalue weighted by Gasteiger charge is 2.22. The molecule has 0 spiro atoms. The molecule has 1 aliphatic heterocycles. The second-order valence-electron chi connectivity index (χ2n) is 7.93. The Morgan fingerprint density at radius 1 is 1.00 bits per heavy atom. The van der Waals surface area contributed by atoms with Crippen molar-refractivity contribution < 1.29 is 19.0 Å². The van der Waals surface area contributed by atoms with Gasteiger partial charge in [-0.25, -0.2) is 9.97 Å². The molecule has 1 saturated heterocycles. The molecule has 32 heavy (non-hydrogen) atoms. The van der Waals surface area contributed by atoms with Crippen molar-refractivity contribution in [2.45, 2.75) is 25.9 Å². The maximum Gasteiger partial charge on any atom is 0.230 e. The number of H-pyrrole nitrogens is 1. The van der Waals surface area contributed by atoms with Gasteiger partial charge in [0.2, 0.25) is 5.88 Å². The van der Waals surface area contributed by atoms with Crippen LogP contribution in [0.3, 0.4) is 0 Å². The van der Waals surface area contributed by atoms with Gasteiger partial charge in [0, 0.05) is 35.8 Å². The van der Waals surface area contributed by atoms with Crippen molar-refractivity contribution in [1.82, 2.24) is 20.0 Å². The molecule has 3 heterocycles. The number of nitrogens with zero attached hydrogens (tertiary/aromatic N) is 3. The van der Waals surface area contributed by atoms with Crippen LogP contribution in [0.5, 0.6) is 23.1 Å². The summed E-state index contributed by atoms with van der Waals surface area (Å²) in [6, 6.07) is 11.8. The fourth-order valence-electron chi connectivity index (χ4n) is 4.12. The maximum absolute atomic E-state index is 6.28. The Hall–Kier alpha value is -3.36. The summed E-state index contributed by atoms with van der Waals surface area (Å²) < 4.78 is 18.0. The minimum Gasteiger partial charge on any atom is -0.493 e. The first-order valence-electron chi connectivity index (χ1n) is 10.7. The SMILES string of the molecule is COc1cc2c(Oc3ccc4[nH]c(C)cc4c3)ncnc2cc1OC1CCN(OC)CC1. The number of hydrogen-bond acceptors (Lipinski definition) is 7. The quantitative estimate of drug-likeness (QED) is 0.474. The molecule has 0 amide bonds. The van der Waals surface area contributed by atoms with Crippen LogP contribution >= 0.6 is 0 Å². The number of aromatic nitrogens is 3. The van der Waals surface area contributed by atoms with E-state index in [0.29, 0.717) is 23.1 Å². The number of aromatic amines is 1. The van der Waals surface area contributed by atoms with Crippen molar-refractivity contribution in [2.24, 2.45) is 0 Å². The van der Waals surface area contributed by atoms with E-state index < -0.39 is 0 Å². The van der Waals surface area contributed by atoms with Gasteiger partial charge in [0.15, 0.2) is 11.5 Å². The number of benzene rings is 2. The van der Waals surface area contributed by atoms with Crippen LogP contribution in [-0.4, -0.2) is 53.4 Å². The molecular weight excluding hydrogens is 408 g/mol. The molecule has 0 bridgehead atoms. The Morgan fingerprint density at radius 2 is 1.84 bits per heavy atom. The van der Waals surface area contributed by atoms with E-state index in [4.69, 9.17) is 19.0 Å². The Bertz CT molecular complexity index is 1250. The number of fused-ring (bicyclic) bond motifs is 2. The van der Waals surface area contributed by atoms with Crippen LogP contribution in [0.15, 0.2) is 42.7 Å². The Labute approximate surface area is 186 Å². The third-order valence-corrected chi connectivity index (χ3v) is 5.78. The van der Waals surface area contributed by atoms with Crippen LogP contribution in [0.25, 0.3) is 21.8 Å². The van der Waals surface area contributed by atoms with Crippen molar-refractivity contribution in [3.63, 3.8) is 0 Å². The molecule has 0 aliphatic carbocycles. The van der Waals surface area contributed by atoms with Crippen LogP contribution in [0.2, 0.25) is 0 Å². The monoisotopic (exact) mass is 434 g/mol. The van der Waals surface area contributed by atoms with Gasteiger partial charge in [-0.15, -0.1) is 0 Å². The molecule has 5 rings (SSSR count). The van der Waals surface area contributed by atoms with Gasteiger partial charge in [-0.1, -0.05) is 0 Å². The Balaban J connectivity index is 1.43. The Morgan fingerprint density at radius 3 is 2.62 bits per heavy atom. The van der Waals surface area contributed by atoms with E-state index >= 15 is 0 Å². The number of hydroxylamine groups is 2. The summed E-state index contributed by atoms with van der Waals surface area (Å²) >= 11 is 0. The number of rotatable bonds is 6. The van der Waals surface area contributed by atoms with Gasteiger partial charge in [-0.3, -0.25) is 0 Å². The highest BCUT2D eigenvalue weighted by Crippen LogP contribution is 2.37. The average molecular weight is 434 g/mol. The lowest BCUT2D eigenvalue weighted by molar-refractivity contribution is -0.152. The summed E-state index contributed by atoms with van der Waals surface area (Å²) in [5.41, 5.74) is 2.91. The van der Waals surface area contributed by atoms with Crippen LogP contribution in [0.4, 0.5) is 0 Å². The molecule has 0 unspecified atom stereocenters. The molecule has 166 valence electrons. The fraction of sp³-hybridized carbons (Fsp3) is 0.333. The molecule has 8 heteroatoms. The number of nitrogens with one attached hydrogen (secondary N) is 1. The van der Waals surface area contributed by atoms with Crippen molar-refractivity contribution in [1.29, 1.82) is 0 Å². The van der Waals surface area contributed by atoms with Gasteiger partial charge in [0.05, 0.1) is 25.1 Å². The number of piperidine rings is 1. The van der Waals surface area contributed by atoms with E-state index in [9.17, 15) is 0 Å². The highest BCUT2D eigenvalue weighted by molar-refractivity contribution is 5.87. The van der Waals surface area contributed by atoms with Crippen LogP contribution in [-0.2, 0) is 4.84 Å². The second-order valence-corrected chi connectivity index (χ2v) is 7.93. The minimum absolute atomic E-state index is 0.0989. The fourth-order valence-corrected chi connectivity index (χ4v) is 4.12. The normalized spacial score (nSPS) is 15.3. The second kappa shape index (κ2) is 8.64. The average Bonchev–Trinajstić information content (AvgIpc) is 3.18. The van der Waals surface area contributed by atoms with Gasteiger partial charge >= 0.3 is 0 Å². The van der Waals surface area contributed by atoms with Gasteiger partial charge in [0.25, 0.3) is 0 Å². The van der Waals surface area contributed by atoms with E-state index in [2.05, 4.69) is 21.0 Å². The summed E-state index contributed by atoms with van der Waals surface area (Å²) in [4.78, 5) is 17.4. The largest absolute Gasteiger partial charge is 0.493 e. The lowest BCUT2D eigenvalue weighted by Crippen LogP contribution is -2.37. The molecule has 1 fully saturated rings. The first kappa shape index (κ1) is 20.5. The van der Waals surface area contributed by atoms with Gasteiger partial charge in [-0.05, 0) is 50.1 Å². The molecule has 0 atom stereocenters. The lowest BCUT2D eigenvalue weighted by atomic mass is 10.1. The topological polar surface area (TPSA) is 81.7 Å². The molecular formula is C24H26N4O4. The van der Waals surface area contributed by atoms with Gasteiger partial charge in [0.1, 0.15) is 18.2 Å². The third kappa shape index (κ3) is 4.06. The van der Waals surface area contributed by atoms with Crippen molar-refractivity contribution in [2.75, 3.05) is 27.3 Å². The van der Waals surface area contributed by atoms with E-state index in [1.807, 2.05) is 42.3 Å². The van der Waals surface area contributed by atoms with E-state index in [1.165, 1.54) is 6.33 Å². The van der Waals surface area contributed by atoms with Crippen LogP contribution < -0.4 is 14.2 Å². The molecule has 8 nitrogen and oxygen atoms in total. The molecule has 1 N–H and O–H groups in total. The van der Waals surface area contributed by atoms with E-state index in [0.717, 1.165) is 53.4 Å². The number of methoxy groups -OCH3 is 1. The number of ether oxygens (including phenoxy) is 3. The molecule has 0 saturated carbocycles. The predicted octanol–water partition coefficient (Wildman–Crippen LogP) is 4.63. The van der Waals surface area contributed by atoms with Gasteiger partial charge < -0.3 is 24.0 Å². The smallest absolute Gasteiger partial charge is 0.230 e. The zero-order chi connectivity index (χ0) is 22.1. The highest BCUT2D eigenvalue weighted by atomic mass is 16.7. The minimum atomic E-state index is 0.0989. The van der Waals surface area contributed by atoms with Crippen molar-refractivity contribution in [3.8, 4) is 23.1 Å². The summed E-state index contributed by atoms with van der Waals surface area (Å²) in [5, 5.41) is 3.79. The van der Waals surface area contributed by atoms with Crippen LogP contribution in [0, 0.1) is 6.92 Å². The first-order chi connectivity index (χ1) is 15.6. The predicted molar refractivity (Wildman–Crippen MR) is 121 cm³/mol.